The smallest absolute Gasteiger partial charge is 0.196 e. The maximum absolute atomic E-state index is 13.2. The average Bonchev–Trinajstić information content (AvgIpc) is 3.14. The van der Waals surface area contributed by atoms with E-state index in [-0.39, 0.29) is 5.78 Å². The lowest BCUT2D eigenvalue weighted by atomic mass is 10.00. The largest absolute Gasteiger partial charge is 0.288 e. The van der Waals surface area contributed by atoms with Crippen molar-refractivity contribution >= 4 is 49.2 Å². The van der Waals surface area contributed by atoms with Gasteiger partial charge in [-0.3, -0.25) is 4.79 Å². The van der Waals surface area contributed by atoms with Gasteiger partial charge in [0.15, 0.2) is 5.78 Å². The highest BCUT2D eigenvalue weighted by atomic mass is 79.9. The maximum atomic E-state index is 13.2. The third-order valence-corrected chi connectivity index (χ3v) is 5.70. The van der Waals surface area contributed by atoms with Crippen LogP contribution in [0.25, 0.3) is 16.9 Å². The molecule has 0 aliphatic carbocycles. The zero-order valence-corrected chi connectivity index (χ0v) is 18.4. The predicted octanol–water partition coefficient (Wildman–Crippen LogP) is 6.95. The van der Waals surface area contributed by atoms with Crippen molar-refractivity contribution < 1.29 is 4.79 Å². The monoisotopic (exact) mass is 514 g/mol. The molecule has 0 N–H and O–H groups in total. The van der Waals surface area contributed by atoms with Gasteiger partial charge in [-0.2, -0.15) is 5.10 Å². The summed E-state index contributed by atoms with van der Waals surface area (Å²) in [6.07, 6.45) is 1.60. The van der Waals surface area contributed by atoms with Crippen molar-refractivity contribution in [3.05, 3.63) is 104 Å². The number of para-hydroxylation sites is 1. The van der Waals surface area contributed by atoms with E-state index in [1.54, 1.807) is 29.1 Å². The van der Waals surface area contributed by atoms with E-state index in [1.165, 1.54) is 0 Å². The van der Waals surface area contributed by atoms with Crippen LogP contribution in [0.5, 0.6) is 0 Å². The van der Waals surface area contributed by atoms with Gasteiger partial charge in [-0.1, -0.05) is 67.7 Å². The van der Waals surface area contributed by atoms with Crippen molar-refractivity contribution in [3.63, 3.8) is 0 Å². The fourth-order valence-corrected chi connectivity index (χ4v) is 3.71. The highest BCUT2D eigenvalue weighted by Gasteiger charge is 2.22. The molecule has 0 spiro atoms. The molecule has 0 aliphatic rings. The SMILES string of the molecule is O=C(c1ccc(Br)cc1)c1cnn(-c2ccccc2Cl)c1-c1ccc(Br)cc1. The number of aromatic nitrogens is 2. The number of rotatable bonds is 4. The number of hydrogen-bond acceptors (Lipinski definition) is 2. The Bertz CT molecular complexity index is 1150. The van der Waals surface area contributed by atoms with E-state index < -0.39 is 0 Å². The Balaban J connectivity index is 1.92. The molecule has 0 bridgehead atoms. The fraction of sp³-hybridized carbons (Fsp3) is 0. The summed E-state index contributed by atoms with van der Waals surface area (Å²) in [5.41, 5.74) is 3.41. The molecule has 0 radical (unpaired) electrons. The van der Waals surface area contributed by atoms with Crippen molar-refractivity contribution in [2.24, 2.45) is 0 Å². The summed E-state index contributed by atoms with van der Waals surface area (Å²) in [4.78, 5) is 13.2. The van der Waals surface area contributed by atoms with E-state index in [4.69, 9.17) is 11.6 Å². The molecule has 28 heavy (non-hydrogen) atoms. The van der Waals surface area contributed by atoms with Crippen LogP contribution < -0.4 is 0 Å². The number of halogens is 3. The van der Waals surface area contributed by atoms with Crippen LogP contribution in [0, 0.1) is 0 Å². The van der Waals surface area contributed by atoms with E-state index in [0.717, 1.165) is 20.2 Å². The van der Waals surface area contributed by atoms with Crippen LogP contribution in [0.4, 0.5) is 0 Å². The van der Waals surface area contributed by atoms with E-state index in [9.17, 15) is 4.79 Å². The molecule has 3 nitrogen and oxygen atoms in total. The zero-order valence-electron chi connectivity index (χ0n) is 14.4. The standard InChI is InChI=1S/C22H13Br2ClN2O/c23-16-9-5-14(6-10-16)21-18(22(28)15-7-11-17(24)12-8-15)13-26-27(21)20-4-2-1-3-19(20)25/h1-13H. The number of carbonyl (C=O) groups is 1. The molecule has 1 aromatic heterocycles. The summed E-state index contributed by atoms with van der Waals surface area (Å²) in [5.74, 6) is -0.0938. The lowest BCUT2D eigenvalue weighted by Gasteiger charge is -2.11. The Morgan fingerprint density at radius 1 is 0.857 bits per heavy atom. The molecule has 0 atom stereocenters. The molecule has 0 aliphatic heterocycles. The van der Waals surface area contributed by atoms with Crippen LogP contribution in [0.2, 0.25) is 5.02 Å². The van der Waals surface area contributed by atoms with E-state index in [0.29, 0.717) is 21.8 Å². The highest BCUT2D eigenvalue weighted by molar-refractivity contribution is 9.10. The molecule has 0 fully saturated rings. The topological polar surface area (TPSA) is 34.9 Å². The van der Waals surface area contributed by atoms with E-state index >= 15 is 0 Å². The Hall–Kier alpha value is -2.21. The first kappa shape index (κ1) is 19.1. The molecule has 3 aromatic carbocycles. The second-order valence-electron chi connectivity index (χ2n) is 6.11. The Morgan fingerprint density at radius 2 is 1.46 bits per heavy atom. The first-order valence-electron chi connectivity index (χ1n) is 8.44. The van der Waals surface area contributed by atoms with Crippen LogP contribution in [0.3, 0.4) is 0 Å². The van der Waals surface area contributed by atoms with Gasteiger partial charge in [-0.05, 0) is 48.5 Å². The molecule has 0 unspecified atom stereocenters. The van der Waals surface area contributed by atoms with Crippen LogP contribution in [0.15, 0.2) is 87.9 Å². The molecule has 4 rings (SSSR count). The second kappa shape index (κ2) is 8.03. The fourth-order valence-electron chi connectivity index (χ4n) is 2.96. The zero-order chi connectivity index (χ0) is 19.7. The molecule has 0 saturated heterocycles. The van der Waals surface area contributed by atoms with Gasteiger partial charge in [0, 0.05) is 20.1 Å². The molecule has 6 heteroatoms. The Labute approximate surface area is 184 Å². The molecule has 0 amide bonds. The minimum absolute atomic E-state index is 0.0938. The second-order valence-corrected chi connectivity index (χ2v) is 8.35. The first-order chi connectivity index (χ1) is 13.5. The quantitative estimate of drug-likeness (QED) is 0.275. The van der Waals surface area contributed by atoms with Crippen molar-refractivity contribution in [1.82, 2.24) is 9.78 Å². The summed E-state index contributed by atoms with van der Waals surface area (Å²) in [6.45, 7) is 0. The van der Waals surface area contributed by atoms with Gasteiger partial charge in [0.1, 0.15) is 0 Å². The lowest BCUT2D eigenvalue weighted by Crippen LogP contribution is -2.05. The van der Waals surface area contributed by atoms with Crippen molar-refractivity contribution in [3.8, 4) is 16.9 Å². The minimum atomic E-state index is -0.0938. The summed E-state index contributed by atoms with van der Waals surface area (Å²) < 4.78 is 3.60. The van der Waals surface area contributed by atoms with Gasteiger partial charge < -0.3 is 0 Å². The van der Waals surface area contributed by atoms with Gasteiger partial charge >= 0.3 is 0 Å². The van der Waals surface area contributed by atoms with Gasteiger partial charge in [-0.25, -0.2) is 4.68 Å². The summed E-state index contributed by atoms with van der Waals surface area (Å²) in [7, 11) is 0. The van der Waals surface area contributed by atoms with Crippen LogP contribution >= 0.6 is 43.5 Å². The summed E-state index contributed by atoms with van der Waals surface area (Å²) in [6, 6.07) is 22.5. The Kier molecular flexibility index (Phi) is 5.49. The van der Waals surface area contributed by atoms with Crippen LogP contribution in [-0.2, 0) is 0 Å². The van der Waals surface area contributed by atoms with E-state index in [1.807, 2.05) is 54.6 Å². The summed E-state index contributed by atoms with van der Waals surface area (Å²) in [5, 5.41) is 5.06. The third kappa shape index (κ3) is 3.70. The predicted molar refractivity (Wildman–Crippen MR) is 119 cm³/mol. The van der Waals surface area contributed by atoms with Crippen molar-refractivity contribution in [2.45, 2.75) is 0 Å². The van der Waals surface area contributed by atoms with Crippen LogP contribution in [-0.4, -0.2) is 15.6 Å². The maximum Gasteiger partial charge on any atom is 0.196 e. The molecule has 0 saturated carbocycles. The van der Waals surface area contributed by atoms with Crippen molar-refractivity contribution in [2.75, 3.05) is 0 Å². The normalized spacial score (nSPS) is 10.8. The number of ketones is 1. The Morgan fingerprint density at radius 3 is 2.11 bits per heavy atom. The van der Waals surface area contributed by atoms with Gasteiger partial charge in [0.05, 0.1) is 28.2 Å². The number of hydrogen-bond donors (Lipinski definition) is 0. The molecular formula is C22H13Br2ClN2O. The van der Waals surface area contributed by atoms with Gasteiger partial charge in [0.2, 0.25) is 0 Å². The highest BCUT2D eigenvalue weighted by Crippen LogP contribution is 2.32. The van der Waals surface area contributed by atoms with Gasteiger partial charge in [0.25, 0.3) is 0 Å². The minimum Gasteiger partial charge on any atom is -0.288 e. The number of benzene rings is 3. The van der Waals surface area contributed by atoms with Crippen LogP contribution in [0.1, 0.15) is 15.9 Å². The molecule has 1 heterocycles. The number of nitrogens with zero attached hydrogens (tertiary/aromatic N) is 2. The molecule has 4 aromatic rings. The molecular weight excluding hydrogens is 504 g/mol. The van der Waals surface area contributed by atoms with E-state index in [2.05, 4.69) is 37.0 Å². The third-order valence-electron chi connectivity index (χ3n) is 4.32. The van der Waals surface area contributed by atoms with Gasteiger partial charge in [-0.15, -0.1) is 0 Å². The first-order valence-corrected chi connectivity index (χ1v) is 10.4. The number of carbonyl (C=O) groups excluding carboxylic acids is 1. The molecule has 138 valence electrons. The summed E-state index contributed by atoms with van der Waals surface area (Å²) >= 11 is 13.3. The lowest BCUT2D eigenvalue weighted by molar-refractivity contribution is 0.103. The average molecular weight is 517 g/mol. The van der Waals surface area contributed by atoms with Crippen molar-refractivity contribution in [1.29, 1.82) is 0 Å².